The summed E-state index contributed by atoms with van der Waals surface area (Å²) in [5, 5.41) is 20.8. The van der Waals surface area contributed by atoms with E-state index < -0.39 is 10.9 Å². The SMILES string of the molecule is O=C(O)c1ccc(CC[N+](=O)[O-])c(N(Cc2ccccc2Cl)C(=O)c2ccccc2)c1. The zero-order valence-electron chi connectivity index (χ0n) is 16.4. The maximum Gasteiger partial charge on any atom is 0.335 e. The van der Waals surface area contributed by atoms with E-state index in [0.29, 0.717) is 27.4 Å². The van der Waals surface area contributed by atoms with Crippen molar-refractivity contribution in [2.75, 3.05) is 11.4 Å². The molecule has 0 fully saturated rings. The molecule has 0 atom stereocenters. The number of carboxylic acid groups (broad SMARTS) is 1. The van der Waals surface area contributed by atoms with Crippen LogP contribution in [0.5, 0.6) is 0 Å². The maximum absolute atomic E-state index is 13.4. The number of rotatable bonds is 8. The number of carboxylic acids is 1. The minimum absolute atomic E-state index is 0.0233. The summed E-state index contributed by atoms with van der Waals surface area (Å²) in [4.78, 5) is 36.9. The Labute approximate surface area is 183 Å². The van der Waals surface area contributed by atoms with E-state index in [1.165, 1.54) is 23.1 Å². The number of hydrogen-bond donors (Lipinski definition) is 1. The Morgan fingerprint density at radius 3 is 2.26 bits per heavy atom. The van der Waals surface area contributed by atoms with Crippen molar-refractivity contribution in [1.82, 2.24) is 0 Å². The van der Waals surface area contributed by atoms with E-state index in [0.717, 1.165) is 0 Å². The normalized spacial score (nSPS) is 10.5. The van der Waals surface area contributed by atoms with Crippen molar-refractivity contribution < 1.29 is 19.6 Å². The zero-order chi connectivity index (χ0) is 22.4. The second kappa shape index (κ2) is 9.86. The van der Waals surface area contributed by atoms with Crippen LogP contribution in [0.15, 0.2) is 72.8 Å². The van der Waals surface area contributed by atoms with Crippen molar-refractivity contribution in [3.63, 3.8) is 0 Å². The lowest BCUT2D eigenvalue weighted by molar-refractivity contribution is -0.479. The molecule has 0 aliphatic rings. The summed E-state index contributed by atoms with van der Waals surface area (Å²) in [6, 6.07) is 19.8. The Hall–Kier alpha value is -3.71. The molecule has 0 aliphatic heterocycles. The number of amides is 1. The van der Waals surface area contributed by atoms with Gasteiger partial charge in [0.15, 0.2) is 0 Å². The van der Waals surface area contributed by atoms with Gasteiger partial charge in [-0.25, -0.2) is 4.79 Å². The molecule has 3 aromatic rings. The van der Waals surface area contributed by atoms with Crippen molar-refractivity contribution >= 4 is 29.2 Å². The van der Waals surface area contributed by atoms with Crippen molar-refractivity contribution in [3.05, 3.63) is 110 Å². The van der Waals surface area contributed by atoms with Crippen LogP contribution in [0, 0.1) is 10.1 Å². The van der Waals surface area contributed by atoms with Gasteiger partial charge in [0.25, 0.3) is 5.91 Å². The Morgan fingerprint density at radius 2 is 1.61 bits per heavy atom. The van der Waals surface area contributed by atoms with Gasteiger partial charge in [-0.2, -0.15) is 0 Å². The molecule has 0 heterocycles. The first kappa shape index (κ1) is 22.0. The summed E-state index contributed by atoms with van der Waals surface area (Å²) in [5.41, 5.74) is 1.84. The molecule has 7 nitrogen and oxygen atoms in total. The highest BCUT2D eigenvalue weighted by atomic mass is 35.5. The maximum atomic E-state index is 13.4. The fourth-order valence-electron chi connectivity index (χ4n) is 3.17. The summed E-state index contributed by atoms with van der Waals surface area (Å²) in [6.07, 6.45) is 0.0450. The fourth-order valence-corrected chi connectivity index (χ4v) is 3.37. The number of carbonyl (C=O) groups is 2. The Bertz CT molecular complexity index is 1120. The number of halogens is 1. The minimum atomic E-state index is -1.16. The number of aromatic carboxylic acids is 1. The standard InChI is InChI=1S/C23H19ClN2O5/c24-20-9-5-4-8-19(20)15-25(22(27)17-6-2-1-3-7-17)21-14-18(23(28)29)11-10-16(21)12-13-26(30)31/h1-11,14H,12-13,15H2,(H,28,29). The fraction of sp³-hybridized carbons (Fsp3) is 0.130. The van der Waals surface area contributed by atoms with Gasteiger partial charge in [-0.3, -0.25) is 14.9 Å². The van der Waals surface area contributed by atoms with Crippen molar-refractivity contribution in [2.45, 2.75) is 13.0 Å². The Balaban J connectivity index is 2.14. The summed E-state index contributed by atoms with van der Waals surface area (Å²) in [5.74, 6) is -1.53. The van der Waals surface area contributed by atoms with Gasteiger partial charge < -0.3 is 10.0 Å². The molecule has 0 aliphatic carbocycles. The van der Waals surface area contributed by atoms with Gasteiger partial charge >= 0.3 is 5.97 Å². The van der Waals surface area contributed by atoms with Crippen LogP contribution in [-0.4, -0.2) is 28.5 Å². The number of nitrogens with zero attached hydrogens (tertiary/aromatic N) is 2. The number of hydrogen-bond acceptors (Lipinski definition) is 4. The minimum Gasteiger partial charge on any atom is -0.478 e. The van der Waals surface area contributed by atoms with Crippen LogP contribution in [0.4, 0.5) is 5.69 Å². The average Bonchev–Trinajstić information content (AvgIpc) is 2.77. The van der Waals surface area contributed by atoms with Gasteiger partial charge in [-0.1, -0.05) is 54.1 Å². The monoisotopic (exact) mass is 438 g/mol. The zero-order valence-corrected chi connectivity index (χ0v) is 17.2. The van der Waals surface area contributed by atoms with Crippen molar-refractivity contribution in [3.8, 4) is 0 Å². The first-order chi connectivity index (χ1) is 14.9. The molecular weight excluding hydrogens is 420 g/mol. The third-order valence-electron chi connectivity index (χ3n) is 4.74. The largest absolute Gasteiger partial charge is 0.478 e. The first-order valence-corrected chi connectivity index (χ1v) is 9.83. The number of anilines is 1. The summed E-state index contributed by atoms with van der Waals surface area (Å²) >= 11 is 6.31. The van der Waals surface area contributed by atoms with Crippen LogP contribution in [0.3, 0.4) is 0 Å². The molecule has 8 heteroatoms. The lowest BCUT2D eigenvalue weighted by Crippen LogP contribution is -2.32. The molecule has 31 heavy (non-hydrogen) atoms. The number of carbonyl (C=O) groups excluding carboxylic acids is 1. The molecule has 1 N–H and O–H groups in total. The smallest absolute Gasteiger partial charge is 0.335 e. The van der Waals surface area contributed by atoms with E-state index in [9.17, 15) is 24.8 Å². The van der Waals surface area contributed by atoms with Crippen molar-refractivity contribution in [1.29, 1.82) is 0 Å². The first-order valence-electron chi connectivity index (χ1n) is 9.45. The molecule has 3 rings (SSSR count). The molecule has 0 radical (unpaired) electrons. The van der Waals surface area contributed by atoms with Gasteiger partial charge in [0.2, 0.25) is 6.54 Å². The van der Waals surface area contributed by atoms with E-state index in [2.05, 4.69) is 0 Å². The van der Waals surface area contributed by atoms with Gasteiger partial charge in [0, 0.05) is 27.6 Å². The van der Waals surface area contributed by atoms with Crippen LogP contribution in [-0.2, 0) is 13.0 Å². The predicted octanol–water partition coefficient (Wildman–Crippen LogP) is 4.70. The van der Waals surface area contributed by atoms with E-state index in [4.69, 9.17) is 11.6 Å². The molecule has 0 unspecified atom stereocenters. The highest BCUT2D eigenvalue weighted by molar-refractivity contribution is 6.31. The Kier molecular flexibility index (Phi) is 6.99. The molecule has 0 bridgehead atoms. The van der Waals surface area contributed by atoms with Crippen LogP contribution >= 0.6 is 11.6 Å². The summed E-state index contributed by atoms with van der Waals surface area (Å²) in [7, 11) is 0. The summed E-state index contributed by atoms with van der Waals surface area (Å²) in [6.45, 7) is -0.277. The lowest BCUT2D eigenvalue weighted by Gasteiger charge is -2.26. The van der Waals surface area contributed by atoms with E-state index in [-0.39, 0.29) is 31.0 Å². The quantitative estimate of drug-likeness (QED) is 0.405. The van der Waals surface area contributed by atoms with Gasteiger partial charge in [-0.05, 0) is 41.5 Å². The number of nitro groups is 1. The number of benzene rings is 3. The summed E-state index contributed by atoms with van der Waals surface area (Å²) < 4.78 is 0. The molecule has 0 aromatic heterocycles. The van der Waals surface area contributed by atoms with E-state index in [1.54, 1.807) is 54.6 Å². The molecule has 158 valence electrons. The second-order valence-corrected chi connectivity index (χ2v) is 7.21. The van der Waals surface area contributed by atoms with Crippen LogP contribution in [0.1, 0.15) is 31.8 Å². The molecule has 0 saturated carbocycles. The molecule has 0 spiro atoms. The van der Waals surface area contributed by atoms with E-state index in [1.807, 2.05) is 0 Å². The predicted molar refractivity (Wildman–Crippen MR) is 117 cm³/mol. The molecule has 0 saturated heterocycles. The van der Waals surface area contributed by atoms with Gasteiger partial charge in [-0.15, -0.1) is 0 Å². The van der Waals surface area contributed by atoms with Crippen molar-refractivity contribution in [2.24, 2.45) is 0 Å². The third kappa shape index (κ3) is 5.46. The second-order valence-electron chi connectivity index (χ2n) is 6.80. The van der Waals surface area contributed by atoms with Crippen LogP contribution in [0.2, 0.25) is 5.02 Å². The molecule has 1 amide bonds. The van der Waals surface area contributed by atoms with E-state index >= 15 is 0 Å². The molecule has 3 aromatic carbocycles. The van der Waals surface area contributed by atoms with Crippen LogP contribution < -0.4 is 4.90 Å². The van der Waals surface area contributed by atoms with Gasteiger partial charge in [0.1, 0.15) is 0 Å². The van der Waals surface area contributed by atoms with Gasteiger partial charge in [0.05, 0.1) is 12.1 Å². The molecular formula is C23H19ClN2O5. The average molecular weight is 439 g/mol. The Morgan fingerprint density at radius 1 is 0.935 bits per heavy atom. The highest BCUT2D eigenvalue weighted by Gasteiger charge is 2.23. The topological polar surface area (TPSA) is 101 Å². The van der Waals surface area contributed by atoms with Crippen LogP contribution in [0.25, 0.3) is 0 Å². The lowest BCUT2D eigenvalue weighted by atomic mass is 10.0. The third-order valence-corrected chi connectivity index (χ3v) is 5.11. The highest BCUT2D eigenvalue weighted by Crippen LogP contribution is 2.29.